The first-order chi connectivity index (χ1) is 10.6. The van der Waals surface area contributed by atoms with Gasteiger partial charge in [-0.1, -0.05) is 27.7 Å². The lowest BCUT2D eigenvalue weighted by Gasteiger charge is -2.17. The van der Waals surface area contributed by atoms with Gasteiger partial charge in [0.2, 0.25) is 0 Å². The minimum absolute atomic E-state index is 0.321. The van der Waals surface area contributed by atoms with E-state index in [1.165, 1.54) is 0 Å². The lowest BCUT2D eigenvalue weighted by molar-refractivity contribution is -0.140. The van der Waals surface area contributed by atoms with E-state index in [-0.39, 0.29) is 0 Å². The van der Waals surface area contributed by atoms with Crippen molar-refractivity contribution in [3.8, 4) is 0 Å². The molecular weight excluding hydrogens is 284 g/mol. The summed E-state index contributed by atoms with van der Waals surface area (Å²) < 4.78 is 10.0. The first-order valence-electron chi connectivity index (χ1n) is 8.03. The van der Waals surface area contributed by atoms with Gasteiger partial charge in [0.15, 0.2) is 0 Å². The van der Waals surface area contributed by atoms with Crippen molar-refractivity contribution in [3.05, 3.63) is 12.2 Å². The van der Waals surface area contributed by atoms with Gasteiger partial charge in [-0.05, 0) is 26.2 Å². The number of hydrogen-bond donors (Lipinski definition) is 0. The molecule has 0 saturated carbocycles. The predicted octanol–water partition coefficient (Wildman–Crippen LogP) is 1.31. The van der Waals surface area contributed by atoms with Crippen LogP contribution in [0.4, 0.5) is 0 Å². The van der Waals surface area contributed by atoms with E-state index in [0.717, 1.165) is 38.3 Å². The maximum atomic E-state index is 11.4. The minimum Gasteiger partial charge on any atom is -0.461 e. The van der Waals surface area contributed by atoms with Crippen molar-refractivity contribution < 1.29 is 19.1 Å². The van der Waals surface area contributed by atoms with E-state index in [4.69, 9.17) is 9.47 Å². The van der Waals surface area contributed by atoms with Gasteiger partial charge in [0.25, 0.3) is 0 Å². The summed E-state index contributed by atoms with van der Waals surface area (Å²) in [6.07, 6.45) is 2.23. The van der Waals surface area contributed by atoms with Gasteiger partial charge in [0.05, 0.1) is 0 Å². The van der Waals surface area contributed by atoms with Gasteiger partial charge in [0.1, 0.15) is 13.2 Å². The summed E-state index contributed by atoms with van der Waals surface area (Å²) in [6.45, 7) is 13.9. The molecule has 0 heterocycles. The van der Waals surface area contributed by atoms with Crippen LogP contribution in [0.3, 0.4) is 0 Å². The van der Waals surface area contributed by atoms with Crippen LogP contribution in [-0.2, 0) is 19.1 Å². The number of esters is 2. The number of likely N-dealkylation sites (N-methyl/N-ethyl adjacent to an activating group) is 2. The highest BCUT2D eigenvalue weighted by atomic mass is 16.5. The highest BCUT2D eigenvalue weighted by molar-refractivity contribution is 5.91. The maximum absolute atomic E-state index is 11.4. The Balaban J connectivity index is 3.84. The molecule has 0 atom stereocenters. The Labute approximate surface area is 134 Å². The number of carbonyl (C=O) groups excluding carboxylic acids is 2. The second-order valence-electron chi connectivity index (χ2n) is 4.72. The third-order valence-electron chi connectivity index (χ3n) is 3.45. The van der Waals surface area contributed by atoms with E-state index in [9.17, 15) is 9.59 Å². The molecule has 0 fully saturated rings. The average Bonchev–Trinajstić information content (AvgIpc) is 2.53. The lowest BCUT2D eigenvalue weighted by Crippen LogP contribution is -2.28. The smallest absolute Gasteiger partial charge is 0.331 e. The third-order valence-corrected chi connectivity index (χ3v) is 3.45. The van der Waals surface area contributed by atoms with Crippen LogP contribution in [0.15, 0.2) is 12.2 Å². The quantitative estimate of drug-likeness (QED) is 0.400. The van der Waals surface area contributed by atoms with Gasteiger partial charge >= 0.3 is 11.9 Å². The molecule has 0 unspecified atom stereocenters. The van der Waals surface area contributed by atoms with Crippen LogP contribution >= 0.6 is 0 Å². The molecule has 6 nitrogen and oxygen atoms in total. The molecule has 0 N–H and O–H groups in total. The van der Waals surface area contributed by atoms with Gasteiger partial charge in [-0.25, -0.2) is 9.59 Å². The molecular formula is C16H30N2O4. The number of carbonyl (C=O) groups is 2. The molecule has 22 heavy (non-hydrogen) atoms. The van der Waals surface area contributed by atoms with Crippen LogP contribution in [-0.4, -0.2) is 74.2 Å². The summed E-state index contributed by atoms with van der Waals surface area (Å²) in [5.74, 6) is -1.04. The fraction of sp³-hybridized carbons (Fsp3) is 0.750. The van der Waals surface area contributed by atoms with Crippen molar-refractivity contribution in [1.82, 2.24) is 9.80 Å². The second-order valence-corrected chi connectivity index (χ2v) is 4.72. The van der Waals surface area contributed by atoms with E-state index in [0.29, 0.717) is 26.3 Å². The van der Waals surface area contributed by atoms with Crippen LogP contribution < -0.4 is 0 Å². The van der Waals surface area contributed by atoms with Gasteiger partial charge in [0, 0.05) is 25.2 Å². The summed E-state index contributed by atoms with van der Waals surface area (Å²) in [5, 5.41) is 0. The minimum atomic E-state index is -0.521. The van der Waals surface area contributed by atoms with Gasteiger partial charge in [-0.15, -0.1) is 0 Å². The fourth-order valence-electron chi connectivity index (χ4n) is 1.86. The van der Waals surface area contributed by atoms with E-state index in [1.54, 1.807) is 0 Å². The Morgan fingerprint density at radius 2 is 1.05 bits per heavy atom. The van der Waals surface area contributed by atoms with E-state index in [1.807, 2.05) is 0 Å². The Bertz CT molecular complexity index is 305. The number of ether oxygens (including phenoxy) is 2. The summed E-state index contributed by atoms with van der Waals surface area (Å²) in [7, 11) is 0. The van der Waals surface area contributed by atoms with Gasteiger partial charge in [-0.2, -0.15) is 0 Å². The number of hydrogen-bond acceptors (Lipinski definition) is 6. The van der Waals surface area contributed by atoms with Crippen LogP contribution in [0.1, 0.15) is 27.7 Å². The van der Waals surface area contributed by atoms with E-state index >= 15 is 0 Å². The van der Waals surface area contributed by atoms with Crippen LogP contribution in [0.25, 0.3) is 0 Å². The molecule has 0 amide bonds. The van der Waals surface area contributed by atoms with Crippen molar-refractivity contribution in [2.75, 3.05) is 52.5 Å². The van der Waals surface area contributed by atoms with Crippen molar-refractivity contribution >= 4 is 11.9 Å². The van der Waals surface area contributed by atoms with Gasteiger partial charge in [-0.3, -0.25) is 0 Å². The largest absolute Gasteiger partial charge is 0.461 e. The molecule has 6 heteroatoms. The van der Waals surface area contributed by atoms with Crippen LogP contribution in [0.2, 0.25) is 0 Å². The standard InChI is InChI=1S/C16H30N2O4/c1-5-17(6-2)11-13-21-15(19)9-10-16(20)22-14-12-18(7-3)8-4/h9-10H,5-8,11-14H2,1-4H3/b10-9-. The van der Waals surface area contributed by atoms with Crippen LogP contribution in [0, 0.1) is 0 Å². The van der Waals surface area contributed by atoms with Crippen molar-refractivity contribution in [2.45, 2.75) is 27.7 Å². The lowest BCUT2D eigenvalue weighted by atomic mass is 10.4. The first-order valence-corrected chi connectivity index (χ1v) is 8.03. The van der Waals surface area contributed by atoms with Gasteiger partial charge < -0.3 is 19.3 Å². The van der Waals surface area contributed by atoms with Crippen molar-refractivity contribution in [1.29, 1.82) is 0 Å². The molecule has 0 rings (SSSR count). The Hall–Kier alpha value is -1.40. The molecule has 0 bridgehead atoms. The molecule has 0 aliphatic carbocycles. The Morgan fingerprint density at radius 3 is 1.32 bits per heavy atom. The van der Waals surface area contributed by atoms with Crippen LogP contribution in [0.5, 0.6) is 0 Å². The molecule has 0 aliphatic heterocycles. The molecule has 0 aromatic carbocycles. The van der Waals surface area contributed by atoms with Crippen molar-refractivity contribution in [3.63, 3.8) is 0 Å². The van der Waals surface area contributed by atoms with Crippen molar-refractivity contribution in [2.24, 2.45) is 0 Å². The maximum Gasteiger partial charge on any atom is 0.331 e. The SMILES string of the molecule is CCN(CC)CCOC(=O)/C=C\C(=O)OCCN(CC)CC. The Kier molecular flexibility index (Phi) is 12.4. The molecule has 0 radical (unpaired) electrons. The van der Waals surface area contributed by atoms with E-state index < -0.39 is 11.9 Å². The molecule has 0 spiro atoms. The molecule has 0 aliphatic rings. The Morgan fingerprint density at radius 1 is 0.727 bits per heavy atom. The molecule has 0 aromatic heterocycles. The second kappa shape index (κ2) is 13.3. The van der Waals surface area contributed by atoms with E-state index in [2.05, 4.69) is 37.5 Å². The monoisotopic (exact) mass is 314 g/mol. The zero-order valence-corrected chi connectivity index (χ0v) is 14.3. The zero-order valence-electron chi connectivity index (χ0n) is 14.3. The fourth-order valence-corrected chi connectivity index (χ4v) is 1.86. The molecule has 0 aromatic rings. The normalized spacial score (nSPS) is 11.4. The third kappa shape index (κ3) is 10.3. The summed E-state index contributed by atoms with van der Waals surface area (Å²) in [6, 6.07) is 0. The number of rotatable bonds is 12. The number of nitrogens with zero attached hydrogens (tertiary/aromatic N) is 2. The topological polar surface area (TPSA) is 59.1 Å². The predicted molar refractivity (Wildman–Crippen MR) is 86.6 cm³/mol. The molecule has 0 saturated heterocycles. The average molecular weight is 314 g/mol. The molecule has 128 valence electrons. The summed E-state index contributed by atoms with van der Waals surface area (Å²) >= 11 is 0. The summed E-state index contributed by atoms with van der Waals surface area (Å²) in [4.78, 5) is 27.2. The zero-order chi connectivity index (χ0) is 16.8. The first kappa shape index (κ1) is 20.6. The summed E-state index contributed by atoms with van der Waals surface area (Å²) in [5.41, 5.74) is 0. The highest BCUT2D eigenvalue weighted by Crippen LogP contribution is 1.91. The highest BCUT2D eigenvalue weighted by Gasteiger charge is 2.04.